The molecule has 0 atom stereocenters. The van der Waals surface area contributed by atoms with E-state index in [0.29, 0.717) is 11.3 Å². The standard InChI is InChI=1S/C26H27N3O4S/c1-18-10-11-22(15-24(18)34(32,33)28-17-19-6-3-2-4-7-19)25(30)27-16-20-8-5-9-23(14-20)29-26(31)21-12-13-21/h2-11,14-15,21,28H,12-13,16-17H2,1H3,(H,27,30)(H,29,31). The maximum absolute atomic E-state index is 12.9. The third-order valence-electron chi connectivity index (χ3n) is 5.64. The molecule has 3 aromatic rings. The smallest absolute Gasteiger partial charge is 0.251 e. The van der Waals surface area contributed by atoms with Crippen LogP contribution in [0.2, 0.25) is 0 Å². The molecular formula is C26H27N3O4S. The summed E-state index contributed by atoms with van der Waals surface area (Å²) in [4.78, 5) is 24.8. The molecule has 176 valence electrons. The van der Waals surface area contributed by atoms with Gasteiger partial charge in [0.2, 0.25) is 15.9 Å². The van der Waals surface area contributed by atoms with Gasteiger partial charge in [-0.15, -0.1) is 0 Å². The van der Waals surface area contributed by atoms with Crippen molar-refractivity contribution in [2.45, 2.75) is 37.8 Å². The highest BCUT2D eigenvalue weighted by molar-refractivity contribution is 7.89. The molecule has 0 radical (unpaired) electrons. The molecule has 4 rings (SSSR count). The van der Waals surface area contributed by atoms with Crippen LogP contribution in [0.4, 0.5) is 5.69 Å². The van der Waals surface area contributed by atoms with E-state index in [-0.39, 0.29) is 41.3 Å². The zero-order valence-corrected chi connectivity index (χ0v) is 19.7. The van der Waals surface area contributed by atoms with E-state index in [0.717, 1.165) is 24.0 Å². The summed E-state index contributed by atoms with van der Waals surface area (Å²) < 4.78 is 28.4. The molecule has 0 aromatic heterocycles. The van der Waals surface area contributed by atoms with Crippen molar-refractivity contribution in [1.82, 2.24) is 10.0 Å². The minimum absolute atomic E-state index is 0.0236. The van der Waals surface area contributed by atoms with E-state index >= 15 is 0 Å². The first-order valence-corrected chi connectivity index (χ1v) is 12.6. The average molecular weight is 478 g/mol. The Balaban J connectivity index is 1.41. The van der Waals surface area contributed by atoms with Crippen LogP contribution in [-0.4, -0.2) is 20.2 Å². The number of hydrogen-bond donors (Lipinski definition) is 3. The third-order valence-corrected chi connectivity index (χ3v) is 7.19. The number of aryl methyl sites for hydroxylation is 1. The zero-order chi connectivity index (χ0) is 24.1. The molecule has 0 bridgehead atoms. The van der Waals surface area contributed by atoms with E-state index in [2.05, 4.69) is 15.4 Å². The number of hydrogen-bond acceptors (Lipinski definition) is 4. The molecule has 7 nitrogen and oxygen atoms in total. The predicted octanol–water partition coefficient (Wildman–Crippen LogP) is 3.75. The number of rotatable bonds is 9. The lowest BCUT2D eigenvalue weighted by Gasteiger charge is -2.12. The SMILES string of the molecule is Cc1ccc(C(=O)NCc2cccc(NC(=O)C3CC3)c2)cc1S(=O)(=O)NCc1ccccc1. The summed E-state index contributed by atoms with van der Waals surface area (Å²) >= 11 is 0. The monoisotopic (exact) mass is 477 g/mol. The predicted molar refractivity (Wildman–Crippen MR) is 131 cm³/mol. The topological polar surface area (TPSA) is 104 Å². The van der Waals surface area contributed by atoms with Gasteiger partial charge in [0.25, 0.3) is 5.91 Å². The van der Waals surface area contributed by atoms with E-state index in [9.17, 15) is 18.0 Å². The fraction of sp³-hybridized carbons (Fsp3) is 0.231. The zero-order valence-electron chi connectivity index (χ0n) is 18.9. The van der Waals surface area contributed by atoms with Crippen molar-refractivity contribution in [2.75, 3.05) is 5.32 Å². The van der Waals surface area contributed by atoms with Crippen molar-refractivity contribution >= 4 is 27.5 Å². The van der Waals surface area contributed by atoms with E-state index in [4.69, 9.17) is 0 Å². The Morgan fingerprint density at radius 3 is 2.35 bits per heavy atom. The number of carbonyl (C=O) groups is 2. The van der Waals surface area contributed by atoms with Gasteiger partial charge < -0.3 is 10.6 Å². The average Bonchev–Trinajstić information content (AvgIpc) is 3.68. The largest absolute Gasteiger partial charge is 0.348 e. The number of benzene rings is 3. The highest BCUT2D eigenvalue weighted by Crippen LogP contribution is 2.30. The van der Waals surface area contributed by atoms with Gasteiger partial charge in [0.05, 0.1) is 4.90 Å². The third kappa shape index (κ3) is 6.09. The van der Waals surface area contributed by atoms with Crippen molar-refractivity contribution in [1.29, 1.82) is 0 Å². The van der Waals surface area contributed by atoms with Crippen LogP contribution >= 0.6 is 0 Å². The molecule has 0 saturated heterocycles. The van der Waals surface area contributed by atoms with Crippen molar-refractivity contribution in [3.05, 3.63) is 95.1 Å². The first kappa shape index (κ1) is 23.7. The van der Waals surface area contributed by atoms with Gasteiger partial charge in [0.15, 0.2) is 0 Å². The molecule has 34 heavy (non-hydrogen) atoms. The second-order valence-electron chi connectivity index (χ2n) is 8.44. The summed E-state index contributed by atoms with van der Waals surface area (Å²) in [5.74, 6) is -0.250. The summed E-state index contributed by atoms with van der Waals surface area (Å²) in [6.45, 7) is 2.10. The molecule has 0 heterocycles. The number of carbonyl (C=O) groups excluding carboxylic acids is 2. The van der Waals surface area contributed by atoms with Gasteiger partial charge in [-0.3, -0.25) is 9.59 Å². The van der Waals surface area contributed by atoms with Crippen LogP contribution in [-0.2, 0) is 27.9 Å². The second-order valence-corrected chi connectivity index (χ2v) is 10.2. The molecule has 0 unspecified atom stereocenters. The normalized spacial score (nSPS) is 13.3. The summed E-state index contributed by atoms with van der Waals surface area (Å²) in [6.07, 6.45) is 1.86. The lowest BCUT2D eigenvalue weighted by Crippen LogP contribution is -2.26. The van der Waals surface area contributed by atoms with Gasteiger partial charge in [-0.05, 0) is 60.7 Å². The Bertz CT molecular complexity index is 1300. The molecule has 0 spiro atoms. The van der Waals surface area contributed by atoms with Crippen LogP contribution in [0.3, 0.4) is 0 Å². The molecule has 3 N–H and O–H groups in total. The van der Waals surface area contributed by atoms with Crippen molar-refractivity contribution in [2.24, 2.45) is 5.92 Å². The molecule has 1 fully saturated rings. The van der Waals surface area contributed by atoms with Crippen LogP contribution in [0.5, 0.6) is 0 Å². The van der Waals surface area contributed by atoms with Gasteiger partial charge in [-0.2, -0.15) is 0 Å². The van der Waals surface area contributed by atoms with Gasteiger partial charge in [0, 0.05) is 30.3 Å². The van der Waals surface area contributed by atoms with Gasteiger partial charge in [-0.25, -0.2) is 13.1 Å². The van der Waals surface area contributed by atoms with Gasteiger partial charge in [-0.1, -0.05) is 48.5 Å². The lowest BCUT2D eigenvalue weighted by atomic mass is 10.1. The number of nitrogens with one attached hydrogen (secondary N) is 3. The van der Waals surface area contributed by atoms with E-state index in [1.807, 2.05) is 54.6 Å². The molecule has 1 aliphatic rings. The molecule has 0 aliphatic heterocycles. The minimum Gasteiger partial charge on any atom is -0.348 e. The fourth-order valence-electron chi connectivity index (χ4n) is 3.52. The van der Waals surface area contributed by atoms with Crippen LogP contribution < -0.4 is 15.4 Å². The number of amides is 2. The van der Waals surface area contributed by atoms with Crippen LogP contribution in [0.15, 0.2) is 77.7 Å². The van der Waals surface area contributed by atoms with Crippen molar-refractivity contribution in [3.8, 4) is 0 Å². The lowest BCUT2D eigenvalue weighted by molar-refractivity contribution is -0.117. The summed E-state index contributed by atoms with van der Waals surface area (Å²) in [7, 11) is -3.80. The number of sulfonamides is 1. The molecule has 8 heteroatoms. The van der Waals surface area contributed by atoms with Gasteiger partial charge >= 0.3 is 0 Å². The molecule has 3 aromatic carbocycles. The molecular weight excluding hydrogens is 450 g/mol. The Hall–Kier alpha value is -3.49. The first-order chi connectivity index (χ1) is 16.3. The first-order valence-electron chi connectivity index (χ1n) is 11.1. The highest BCUT2D eigenvalue weighted by Gasteiger charge is 2.29. The Labute approximate surface area is 199 Å². The molecule has 1 saturated carbocycles. The minimum atomic E-state index is -3.80. The van der Waals surface area contributed by atoms with E-state index in [1.54, 1.807) is 19.1 Å². The quantitative estimate of drug-likeness (QED) is 0.437. The highest BCUT2D eigenvalue weighted by atomic mass is 32.2. The van der Waals surface area contributed by atoms with Crippen molar-refractivity contribution in [3.63, 3.8) is 0 Å². The summed E-state index contributed by atoms with van der Waals surface area (Å²) in [5, 5.41) is 5.71. The Morgan fingerprint density at radius 2 is 1.62 bits per heavy atom. The number of anilines is 1. The molecule has 2 amide bonds. The van der Waals surface area contributed by atoms with Crippen LogP contribution in [0, 0.1) is 12.8 Å². The van der Waals surface area contributed by atoms with E-state index < -0.39 is 10.0 Å². The van der Waals surface area contributed by atoms with Gasteiger partial charge in [0.1, 0.15) is 0 Å². The Morgan fingerprint density at radius 1 is 0.882 bits per heavy atom. The summed E-state index contributed by atoms with van der Waals surface area (Å²) in [6, 6.07) is 21.2. The van der Waals surface area contributed by atoms with Crippen molar-refractivity contribution < 1.29 is 18.0 Å². The fourth-order valence-corrected chi connectivity index (χ4v) is 4.80. The van der Waals surface area contributed by atoms with E-state index in [1.165, 1.54) is 6.07 Å². The van der Waals surface area contributed by atoms with Crippen LogP contribution in [0.1, 0.15) is 39.9 Å². The maximum Gasteiger partial charge on any atom is 0.251 e. The Kier molecular flexibility index (Phi) is 7.09. The second kappa shape index (κ2) is 10.2. The maximum atomic E-state index is 12.9. The molecule has 1 aliphatic carbocycles. The summed E-state index contributed by atoms with van der Waals surface area (Å²) in [5.41, 5.74) is 3.16. The van der Waals surface area contributed by atoms with Crippen LogP contribution in [0.25, 0.3) is 0 Å².